The molecule has 5 nitrogen and oxygen atoms in total. The number of nitrogens with zero attached hydrogens (tertiary/aromatic N) is 1. The van der Waals surface area contributed by atoms with Crippen LogP contribution in [0.3, 0.4) is 0 Å². The van der Waals surface area contributed by atoms with E-state index in [9.17, 15) is 4.79 Å². The Kier molecular flexibility index (Phi) is 6.91. The highest BCUT2D eigenvalue weighted by molar-refractivity contribution is 7.10. The average molecular weight is 395 g/mol. The first kappa shape index (κ1) is 19.2. The molecule has 1 fully saturated rings. The van der Waals surface area contributed by atoms with Crippen molar-refractivity contribution in [2.75, 3.05) is 39.5 Å². The highest BCUT2D eigenvalue weighted by atomic mass is 35.5. The van der Waals surface area contributed by atoms with Gasteiger partial charge in [0, 0.05) is 24.5 Å². The number of rotatable bonds is 7. The number of carbonyl (C=O) groups excluding carboxylic acids is 1. The van der Waals surface area contributed by atoms with Crippen LogP contribution in [0.5, 0.6) is 5.75 Å². The molecule has 3 rings (SSSR count). The summed E-state index contributed by atoms with van der Waals surface area (Å²) in [6.07, 6.45) is 0. The maximum absolute atomic E-state index is 12.3. The number of ether oxygens (including phenoxy) is 2. The quantitative estimate of drug-likeness (QED) is 0.783. The lowest BCUT2D eigenvalue weighted by Gasteiger charge is -2.34. The minimum Gasteiger partial charge on any atom is -0.482 e. The van der Waals surface area contributed by atoms with E-state index in [4.69, 9.17) is 21.1 Å². The zero-order valence-corrected chi connectivity index (χ0v) is 16.3. The minimum absolute atomic E-state index is 0.0521. The molecule has 0 bridgehead atoms. The molecule has 0 unspecified atom stereocenters. The van der Waals surface area contributed by atoms with Crippen LogP contribution in [0.25, 0.3) is 0 Å². The SMILES string of the molecule is Cc1ccc(Cl)c(OCC(=O)NC[C@@H](c2cccs2)N2CCOCC2)c1. The lowest BCUT2D eigenvalue weighted by atomic mass is 10.2. The Hall–Kier alpha value is -1.60. The standard InChI is InChI=1S/C19H23ClN2O3S/c1-14-4-5-15(20)17(11-14)25-13-19(23)21-12-16(18-3-2-10-26-18)22-6-8-24-9-7-22/h2-5,10-11,16H,6-9,12-13H2,1H3,(H,21,23)/t16-/m0/s1. The molecule has 1 aliphatic rings. The van der Waals surface area contributed by atoms with Crippen LogP contribution in [0.2, 0.25) is 5.02 Å². The minimum atomic E-state index is -0.155. The first-order valence-electron chi connectivity index (χ1n) is 8.64. The average Bonchev–Trinajstić information content (AvgIpc) is 3.18. The molecule has 2 heterocycles. The Bertz CT molecular complexity index is 718. The predicted octanol–water partition coefficient (Wildman–Crippen LogP) is 3.28. The summed E-state index contributed by atoms with van der Waals surface area (Å²) in [5.74, 6) is 0.377. The zero-order valence-electron chi connectivity index (χ0n) is 14.7. The summed E-state index contributed by atoms with van der Waals surface area (Å²) in [6, 6.07) is 9.82. The maximum atomic E-state index is 12.3. The van der Waals surface area contributed by atoms with Gasteiger partial charge in [0.1, 0.15) is 5.75 Å². The number of aryl methyl sites for hydroxylation is 1. The third-order valence-corrected chi connectivity index (χ3v) is 5.58. The van der Waals surface area contributed by atoms with E-state index in [1.807, 2.05) is 25.1 Å². The van der Waals surface area contributed by atoms with Gasteiger partial charge in [-0.05, 0) is 36.1 Å². The van der Waals surface area contributed by atoms with Crippen LogP contribution in [0, 0.1) is 6.92 Å². The van der Waals surface area contributed by atoms with Crippen LogP contribution in [-0.4, -0.2) is 50.3 Å². The summed E-state index contributed by atoms with van der Waals surface area (Å²) in [5.41, 5.74) is 1.04. The van der Waals surface area contributed by atoms with E-state index in [-0.39, 0.29) is 18.6 Å². The molecule has 0 saturated carbocycles. The molecule has 0 spiro atoms. The first-order chi connectivity index (χ1) is 12.6. The monoisotopic (exact) mass is 394 g/mol. The molecule has 7 heteroatoms. The second-order valence-corrected chi connectivity index (χ2v) is 7.59. The zero-order chi connectivity index (χ0) is 18.4. The fourth-order valence-electron chi connectivity index (χ4n) is 2.91. The second kappa shape index (κ2) is 9.37. The van der Waals surface area contributed by atoms with Crippen molar-refractivity contribution in [3.8, 4) is 5.75 Å². The van der Waals surface area contributed by atoms with Gasteiger partial charge in [-0.25, -0.2) is 0 Å². The number of carbonyl (C=O) groups is 1. The fourth-order valence-corrected chi connectivity index (χ4v) is 3.94. The lowest BCUT2D eigenvalue weighted by molar-refractivity contribution is -0.123. The number of nitrogens with one attached hydrogen (secondary N) is 1. The van der Waals surface area contributed by atoms with Crippen LogP contribution < -0.4 is 10.1 Å². The number of benzene rings is 1. The van der Waals surface area contributed by atoms with Crippen molar-refractivity contribution < 1.29 is 14.3 Å². The van der Waals surface area contributed by atoms with E-state index in [0.29, 0.717) is 17.3 Å². The van der Waals surface area contributed by atoms with Gasteiger partial charge in [0.25, 0.3) is 5.91 Å². The molecule has 1 amide bonds. The van der Waals surface area contributed by atoms with Gasteiger partial charge in [-0.15, -0.1) is 11.3 Å². The summed E-state index contributed by atoms with van der Waals surface area (Å²) in [7, 11) is 0. The predicted molar refractivity (Wildman–Crippen MR) is 104 cm³/mol. The van der Waals surface area contributed by atoms with E-state index in [2.05, 4.69) is 21.7 Å². The molecule has 1 aromatic heterocycles. The molecule has 26 heavy (non-hydrogen) atoms. The number of morpholine rings is 1. The number of halogens is 1. The fraction of sp³-hybridized carbons (Fsp3) is 0.421. The van der Waals surface area contributed by atoms with E-state index in [1.54, 1.807) is 17.4 Å². The van der Waals surface area contributed by atoms with Crippen molar-refractivity contribution in [3.63, 3.8) is 0 Å². The van der Waals surface area contributed by atoms with E-state index >= 15 is 0 Å². The molecule has 140 valence electrons. The summed E-state index contributed by atoms with van der Waals surface area (Å²) >= 11 is 7.81. The van der Waals surface area contributed by atoms with Gasteiger partial charge < -0.3 is 14.8 Å². The maximum Gasteiger partial charge on any atom is 0.258 e. The van der Waals surface area contributed by atoms with Crippen LogP contribution in [0.15, 0.2) is 35.7 Å². The molecular formula is C19H23ClN2O3S. The molecule has 0 radical (unpaired) electrons. The topological polar surface area (TPSA) is 50.8 Å². The summed E-state index contributed by atoms with van der Waals surface area (Å²) in [5, 5.41) is 5.56. The Morgan fingerprint density at radius 2 is 2.19 bits per heavy atom. The van der Waals surface area contributed by atoms with Crippen molar-refractivity contribution in [1.82, 2.24) is 10.2 Å². The van der Waals surface area contributed by atoms with Crippen LogP contribution in [0.1, 0.15) is 16.5 Å². The largest absolute Gasteiger partial charge is 0.482 e. The lowest BCUT2D eigenvalue weighted by Crippen LogP contribution is -2.44. The third-order valence-electron chi connectivity index (χ3n) is 4.30. The van der Waals surface area contributed by atoms with Crippen LogP contribution in [-0.2, 0) is 9.53 Å². The van der Waals surface area contributed by atoms with Crippen molar-refractivity contribution >= 4 is 28.8 Å². The molecule has 1 aliphatic heterocycles. The van der Waals surface area contributed by atoms with E-state index in [1.165, 1.54) is 4.88 Å². The first-order valence-corrected chi connectivity index (χ1v) is 9.90. The molecule has 1 N–H and O–H groups in total. The van der Waals surface area contributed by atoms with Crippen LogP contribution >= 0.6 is 22.9 Å². The van der Waals surface area contributed by atoms with Crippen molar-refractivity contribution in [3.05, 3.63) is 51.2 Å². The van der Waals surface area contributed by atoms with E-state index in [0.717, 1.165) is 31.9 Å². The summed E-state index contributed by atoms with van der Waals surface area (Å²) in [4.78, 5) is 15.9. The smallest absolute Gasteiger partial charge is 0.258 e. The molecule has 0 aliphatic carbocycles. The molecular weight excluding hydrogens is 372 g/mol. The van der Waals surface area contributed by atoms with Gasteiger partial charge in [0.05, 0.1) is 24.3 Å². The molecule has 1 saturated heterocycles. The van der Waals surface area contributed by atoms with Gasteiger partial charge in [-0.1, -0.05) is 23.7 Å². The number of hydrogen-bond donors (Lipinski definition) is 1. The molecule has 1 aromatic carbocycles. The third kappa shape index (κ3) is 5.20. The highest BCUT2D eigenvalue weighted by Gasteiger charge is 2.24. The van der Waals surface area contributed by atoms with Gasteiger partial charge >= 0.3 is 0 Å². The van der Waals surface area contributed by atoms with E-state index < -0.39 is 0 Å². The Labute approximate surface area is 162 Å². The van der Waals surface area contributed by atoms with Gasteiger partial charge in [-0.3, -0.25) is 9.69 Å². The Morgan fingerprint density at radius 3 is 2.92 bits per heavy atom. The highest BCUT2D eigenvalue weighted by Crippen LogP contribution is 2.26. The Morgan fingerprint density at radius 1 is 1.38 bits per heavy atom. The number of hydrogen-bond acceptors (Lipinski definition) is 5. The molecule has 2 aromatic rings. The summed E-state index contributed by atoms with van der Waals surface area (Å²) < 4.78 is 11.0. The normalized spacial score (nSPS) is 16.2. The molecule has 1 atom stereocenters. The van der Waals surface area contributed by atoms with Crippen molar-refractivity contribution in [2.45, 2.75) is 13.0 Å². The number of thiophene rings is 1. The summed E-state index contributed by atoms with van der Waals surface area (Å²) in [6.45, 7) is 5.64. The van der Waals surface area contributed by atoms with Gasteiger partial charge in [0.15, 0.2) is 6.61 Å². The van der Waals surface area contributed by atoms with Crippen LogP contribution in [0.4, 0.5) is 0 Å². The van der Waals surface area contributed by atoms with Gasteiger partial charge in [0.2, 0.25) is 0 Å². The van der Waals surface area contributed by atoms with Crippen molar-refractivity contribution in [1.29, 1.82) is 0 Å². The Balaban J connectivity index is 1.54. The second-order valence-electron chi connectivity index (χ2n) is 6.21. The van der Waals surface area contributed by atoms with Gasteiger partial charge in [-0.2, -0.15) is 0 Å². The number of amides is 1. The van der Waals surface area contributed by atoms with Crippen molar-refractivity contribution in [2.24, 2.45) is 0 Å².